The Labute approximate surface area is 70.3 Å². The maximum Gasteiger partial charge on any atom is 0.274 e. The fourth-order valence-corrected chi connectivity index (χ4v) is 1.09. The van der Waals surface area contributed by atoms with Crippen LogP contribution in [0.4, 0.5) is 0 Å². The molecule has 7 heteroatoms. The predicted molar refractivity (Wildman–Crippen MR) is 43.3 cm³/mol. The number of hydrogen-bond donors (Lipinski definition) is 3. The minimum Gasteiger partial charge on any atom is -0.283 e. The van der Waals surface area contributed by atoms with Gasteiger partial charge in [-0.05, 0) is 6.92 Å². The zero-order valence-electron chi connectivity index (χ0n) is 6.53. The fourth-order valence-electron chi connectivity index (χ4n) is 0.732. The summed E-state index contributed by atoms with van der Waals surface area (Å²) in [6.45, 7) is 1.97. The summed E-state index contributed by atoms with van der Waals surface area (Å²) in [7, 11) is -3.61. The molecule has 0 saturated heterocycles. The van der Waals surface area contributed by atoms with Gasteiger partial charge < -0.3 is 0 Å². The SMILES string of the molecule is Cc1[nH]ncc1CNS(N)(=O)=O. The molecule has 0 atom stereocenters. The molecular weight excluding hydrogens is 180 g/mol. The predicted octanol–water partition coefficient (Wildman–Crippen LogP) is -0.989. The second kappa shape index (κ2) is 3.21. The van der Waals surface area contributed by atoms with Gasteiger partial charge >= 0.3 is 0 Å². The van der Waals surface area contributed by atoms with Crippen LogP contribution in [-0.4, -0.2) is 18.6 Å². The molecule has 1 aromatic rings. The molecule has 12 heavy (non-hydrogen) atoms. The molecule has 0 unspecified atom stereocenters. The summed E-state index contributed by atoms with van der Waals surface area (Å²) >= 11 is 0. The van der Waals surface area contributed by atoms with Gasteiger partial charge in [0.05, 0.1) is 6.20 Å². The van der Waals surface area contributed by atoms with Crippen LogP contribution in [0.15, 0.2) is 6.20 Å². The highest BCUT2D eigenvalue weighted by atomic mass is 32.2. The van der Waals surface area contributed by atoms with Crippen molar-refractivity contribution in [1.29, 1.82) is 0 Å². The Balaban J connectivity index is 2.61. The van der Waals surface area contributed by atoms with E-state index in [1.807, 2.05) is 0 Å². The Morgan fingerprint density at radius 2 is 2.42 bits per heavy atom. The average molecular weight is 190 g/mol. The highest BCUT2D eigenvalue weighted by Crippen LogP contribution is 2.00. The minimum absolute atomic E-state index is 0.168. The van der Waals surface area contributed by atoms with E-state index >= 15 is 0 Å². The molecule has 1 rings (SSSR count). The molecule has 4 N–H and O–H groups in total. The smallest absolute Gasteiger partial charge is 0.274 e. The highest BCUT2D eigenvalue weighted by molar-refractivity contribution is 7.87. The quantitative estimate of drug-likeness (QED) is 0.570. The van der Waals surface area contributed by atoms with Crippen LogP contribution in [0.2, 0.25) is 0 Å². The van der Waals surface area contributed by atoms with Crippen molar-refractivity contribution in [3.8, 4) is 0 Å². The van der Waals surface area contributed by atoms with E-state index in [2.05, 4.69) is 14.9 Å². The van der Waals surface area contributed by atoms with Crippen LogP contribution in [0.25, 0.3) is 0 Å². The van der Waals surface area contributed by atoms with Gasteiger partial charge in [-0.3, -0.25) is 5.10 Å². The van der Waals surface area contributed by atoms with Crippen LogP contribution in [0.1, 0.15) is 11.3 Å². The minimum atomic E-state index is -3.61. The van der Waals surface area contributed by atoms with Crippen molar-refractivity contribution in [1.82, 2.24) is 14.9 Å². The number of aryl methyl sites for hydroxylation is 1. The maximum atomic E-state index is 10.5. The van der Waals surface area contributed by atoms with Gasteiger partial charge in [-0.1, -0.05) is 0 Å². The number of rotatable bonds is 3. The maximum absolute atomic E-state index is 10.5. The molecule has 0 aliphatic rings. The molecule has 0 aliphatic heterocycles. The highest BCUT2D eigenvalue weighted by Gasteiger charge is 2.04. The monoisotopic (exact) mass is 190 g/mol. The molecule has 0 fully saturated rings. The lowest BCUT2D eigenvalue weighted by atomic mass is 10.3. The first kappa shape index (κ1) is 9.17. The summed E-state index contributed by atoms with van der Waals surface area (Å²) in [5, 5.41) is 11.1. The van der Waals surface area contributed by atoms with Gasteiger partial charge in [0.1, 0.15) is 0 Å². The molecule has 0 saturated carbocycles. The summed E-state index contributed by atoms with van der Waals surface area (Å²) in [5.41, 5.74) is 1.61. The summed E-state index contributed by atoms with van der Waals surface area (Å²) in [6, 6.07) is 0. The molecule has 6 nitrogen and oxygen atoms in total. The van der Waals surface area contributed by atoms with E-state index in [-0.39, 0.29) is 6.54 Å². The number of aromatic nitrogens is 2. The molecule has 1 heterocycles. The lowest BCUT2D eigenvalue weighted by molar-refractivity contribution is 0.583. The standard InChI is InChI=1S/C5H10N4O2S/c1-4-5(2-7-9-4)3-8-12(6,10)11/h2,8H,3H2,1H3,(H,7,9)(H2,6,10,11). The summed E-state index contributed by atoms with van der Waals surface area (Å²) in [4.78, 5) is 0. The lowest BCUT2D eigenvalue weighted by Gasteiger charge is -1.99. The molecule has 0 spiro atoms. The van der Waals surface area contributed by atoms with E-state index in [1.165, 1.54) is 0 Å². The topological polar surface area (TPSA) is 101 Å². The third kappa shape index (κ3) is 2.61. The van der Waals surface area contributed by atoms with Crippen LogP contribution in [0.5, 0.6) is 0 Å². The van der Waals surface area contributed by atoms with Gasteiger partial charge in [-0.2, -0.15) is 18.2 Å². The Hall–Kier alpha value is -0.920. The van der Waals surface area contributed by atoms with E-state index in [0.29, 0.717) is 0 Å². The van der Waals surface area contributed by atoms with Gasteiger partial charge in [-0.25, -0.2) is 5.14 Å². The molecule has 0 bridgehead atoms. The van der Waals surface area contributed by atoms with E-state index < -0.39 is 10.2 Å². The Morgan fingerprint density at radius 1 is 1.75 bits per heavy atom. The van der Waals surface area contributed by atoms with Crippen LogP contribution < -0.4 is 9.86 Å². The Bertz CT molecular complexity index is 355. The van der Waals surface area contributed by atoms with E-state index in [9.17, 15) is 8.42 Å². The van der Waals surface area contributed by atoms with E-state index in [4.69, 9.17) is 5.14 Å². The molecule has 1 aromatic heterocycles. The van der Waals surface area contributed by atoms with Crippen molar-refractivity contribution in [3.05, 3.63) is 17.5 Å². The summed E-state index contributed by atoms with van der Waals surface area (Å²) in [5.74, 6) is 0. The first-order valence-corrected chi connectivity index (χ1v) is 4.80. The second-order valence-electron chi connectivity index (χ2n) is 2.39. The molecular formula is C5H10N4O2S. The van der Waals surface area contributed by atoms with E-state index in [0.717, 1.165) is 11.3 Å². The summed E-state index contributed by atoms with van der Waals surface area (Å²) < 4.78 is 23.1. The average Bonchev–Trinajstić information content (AvgIpc) is 2.29. The first-order chi connectivity index (χ1) is 5.49. The zero-order chi connectivity index (χ0) is 9.19. The number of nitrogens with one attached hydrogen (secondary N) is 2. The summed E-state index contributed by atoms with van der Waals surface area (Å²) in [6.07, 6.45) is 1.55. The lowest BCUT2D eigenvalue weighted by Crippen LogP contribution is -2.30. The fraction of sp³-hybridized carbons (Fsp3) is 0.400. The van der Waals surface area contributed by atoms with Crippen molar-refractivity contribution in [2.75, 3.05) is 0 Å². The zero-order valence-corrected chi connectivity index (χ0v) is 7.35. The van der Waals surface area contributed by atoms with Crippen molar-refractivity contribution in [3.63, 3.8) is 0 Å². The molecule has 0 aromatic carbocycles. The van der Waals surface area contributed by atoms with Crippen LogP contribution >= 0.6 is 0 Å². The number of hydrogen-bond acceptors (Lipinski definition) is 3. The normalized spacial score (nSPS) is 11.8. The van der Waals surface area contributed by atoms with Crippen molar-refractivity contribution in [2.45, 2.75) is 13.5 Å². The second-order valence-corrected chi connectivity index (χ2v) is 3.77. The molecule has 0 amide bonds. The van der Waals surface area contributed by atoms with Crippen molar-refractivity contribution in [2.24, 2.45) is 5.14 Å². The largest absolute Gasteiger partial charge is 0.283 e. The van der Waals surface area contributed by atoms with Gasteiger partial charge in [-0.15, -0.1) is 0 Å². The Kier molecular flexibility index (Phi) is 2.46. The molecule has 0 radical (unpaired) electrons. The number of H-pyrrole nitrogens is 1. The molecule has 0 aliphatic carbocycles. The van der Waals surface area contributed by atoms with E-state index in [1.54, 1.807) is 13.1 Å². The van der Waals surface area contributed by atoms with Crippen LogP contribution in [0, 0.1) is 6.92 Å². The van der Waals surface area contributed by atoms with Gasteiger partial charge in [0.2, 0.25) is 0 Å². The molecule has 68 valence electrons. The van der Waals surface area contributed by atoms with Gasteiger partial charge in [0.15, 0.2) is 0 Å². The third-order valence-corrected chi connectivity index (χ3v) is 1.94. The van der Waals surface area contributed by atoms with Crippen LogP contribution in [-0.2, 0) is 16.8 Å². The van der Waals surface area contributed by atoms with Crippen molar-refractivity contribution < 1.29 is 8.42 Å². The Morgan fingerprint density at radius 3 is 2.83 bits per heavy atom. The van der Waals surface area contributed by atoms with Gasteiger partial charge in [0.25, 0.3) is 10.2 Å². The van der Waals surface area contributed by atoms with Crippen LogP contribution in [0.3, 0.4) is 0 Å². The first-order valence-electron chi connectivity index (χ1n) is 3.25. The van der Waals surface area contributed by atoms with Crippen molar-refractivity contribution >= 4 is 10.2 Å². The number of nitrogens with zero attached hydrogens (tertiary/aromatic N) is 1. The number of nitrogens with two attached hydrogens (primary N) is 1. The third-order valence-electron chi connectivity index (χ3n) is 1.40. The number of aromatic amines is 1. The van der Waals surface area contributed by atoms with Gasteiger partial charge in [0, 0.05) is 17.8 Å².